The molecule has 0 aromatic rings. The van der Waals surface area contributed by atoms with Crippen LogP contribution in [0.2, 0.25) is 0 Å². The quantitative estimate of drug-likeness (QED) is 0.143. The van der Waals surface area contributed by atoms with Crippen molar-refractivity contribution < 1.29 is 33.4 Å². The second-order valence-electron chi connectivity index (χ2n) is 6.46. The van der Waals surface area contributed by atoms with E-state index in [-0.39, 0.29) is 5.84 Å². The number of likely N-dealkylation sites (tertiary alicyclic amines) is 1. The Morgan fingerprint density at radius 2 is 1.85 bits per heavy atom. The highest BCUT2D eigenvalue weighted by Gasteiger charge is 2.35. The molecule has 0 aliphatic carbocycles. The molecule has 1 atom stereocenters. The first kappa shape index (κ1) is 21.3. The van der Waals surface area contributed by atoms with Gasteiger partial charge in [-0.15, -0.1) is 0 Å². The summed E-state index contributed by atoms with van der Waals surface area (Å²) < 4.78 is 14.3. The van der Waals surface area contributed by atoms with Crippen molar-refractivity contribution in [3.63, 3.8) is 0 Å². The highest BCUT2D eigenvalue weighted by Crippen LogP contribution is 2.21. The van der Waals surface area contributed by atoms with Crippen molar-refractivity contribution in [1.82, 2.24) is 4.90 Å². The van der Waals surface area contributed by atoms with E-state index in [0.717, 1.165) is 20.3 Å². The fourth-order valence-corrected chi connectivity index (χ4v) is 2.17. The Balaban J connectivity index is 2.89. The Morgan fingerprint density at radius 1 is 1.19 bits per heavy atom. The SMILES string of the molecule is COC(=O)/C=C(/ON=C(N)[C@@H]1CCCN1C(=O)OC(C)(C)C)C(=O)OC. The molecule has 10 nitrogen and oxygen atoms in total. The monoisotopic (exact) mass is 371 g/mol. The molecule has 26 heavy (non-hydrogen) atoms. The van der Waals surface area contributed by atoms with E-state index in [4.69, 9.17) is 15.3 Å². The summed E-state index contributed by atoms with van der Waals surface area (Å²) in [5.41, 5.74) is 5.26. The minimum Gasteiger partial charge on any atom is -0.466 e. The van der Waals surface area contributed by atoms with Gasteiger partial charge in [0.25, 0.3) is 0 Å². The van der Waals surface area contributed by atoms with Crippen LogP contribution in [0.3, 0.4) is 0 Å². The summed E-state index contributed by atoms with van der Waals surface area (Å²) in [4.78, 5) is 41.5. The highest BCUT2D eigenvalue weighted by atomic mass is 16.7. The van der Waals surface area contributed by atoms with Crippen LogP contribution in [0.25, 0.3) is 0 Å². The van der Waals surface area contributed by atoms with Gasteiger partial charge in [0.05, 0.1) is 26.3 Å². The Bertz CT molecular complexity index is 607. The maximum Gasteiger partial charge on any atom is 0.410 e. The van der Waals surface area contributed by atoms with Gasteiger partial charge in [0.1, 0.15) is 5.60 Å². The first-order valence-electron chi connectivity index (χ1n) is 7.97. The number of carbonyl (C=O) groups is 3. The van der Waals surface area contributed by atoms with E-state index in [1.54, 1.807) is 20.8 Å². The molecule has 1 fully saturated rings. The lowest BCUT2D eigenvalue weighted by molar-refractivity contribution is -0.142. The molecule has 10 heteroatoms. The van der Waals surface area contributed by atoms with Gasteiger partial charge in [-0.2, -0.15) is 0 Å². The fraction of sp³-hybridized carbons (Fsp3) is 0.625. The van der Waals surface area contributed by atoms with Crippen LogP contribution in [0.1, 0.15) is 33.6 Å². The van der Waals surface area contributed by atoms with Crippen molar-refractivity contribution in [3.05, 3.63) is 11.8 Å². The summed E-state index contributed by atoms with van der Waals surface area (Å²) in [5.74, 6) is -2.28. The van der Waals surface area contributed by atoms with Crippen LogP contribution >= 0.6 is 0 Å². The first-order valence-corrected chi connectivity index (χ1v) is 7.97. The molecule has 0 radical (unpaired) electrons. The molecule has 0 spiro atoms. The van der Waals surface area contributed by atoms with E-state index in [1.807, 2.05) is 0 Å². The normalized spacial score (nSPS) is 18.3. The van der Waals surface area contributed by atoms with E-state index in [0.29, 0.717) is 19.4 Å². The van der Waals surface area contributed by atoms with Crippen molar-refractivity contribution in [2.45, 2.75) is 45.3 Å². The lowest BCUT2D eigenvalue weighted by Gasteiger charge is -2.28. The number of esters is 2. The average Bonchev–Trinajstić information content (AvgIpc) is 3.05. The van der Waals surface area contributed by atoms with Crippen LogP contribution in [0.15, 0.2) is 17.0 Å². The third kappa shape index (κ3) is 6.26. The third-order valence-electron chi connectivity index (χ3n) is 3.31. The number of ether oxygens (including phenoxy) is 3. The van der Waals surface area contributed by atoms with Crippen molar-refractivity contribution >= 4 is 23.9 Å². The van der Waals surface area contributed by atoms with Gasteiger partial charge in [0.15, 0.2) is 5.84 Å². The molecule has 1 amide bonds. The summed E-state index contributed by atoms with van der Waals surface area (Å²) in [5, 5.41) is 3.66. The van der Waals surface area contributed by atoms with Crippen molar-refractivity contribution in [3.8, 4) is 0 Å². The molecule has 1 saturated heterocycles. The molecule has 1 aliphatic heterocycles. The van der Waals surface area contributed by atoms with Gasteiger partial charge in [-0.3, -0.25) is 4.90 Å². The topological polar surface area (TPSA) is 130 Å². The summed E-state index contributed by atoms with van der Waals surface area (Å²) in [6.07, 6.45) is 1.54. The number of amidine groups is 1. The van der Waals surface area contributed by atoms with Gasteiger partial charge in [-0.1, -0.05) is 5.16 Å². The van der Waals surface area contributed by atoms with Crippen molar-refractivity contribution in [2.24, 2.45) is 10.9 Å². The summed E-state index contributed by atoms with van der Waals surface area (Å²) in [6, 6.07) is -0.540. The van der Waals surface area contributed by atoms with Crippen LogP contribution in [0, 0.1) is 0 Å². The van der Waals surface area contributed by atoms with Crippen molar-refractivity contribution in [1.29, 1.82) is 0 Å². The van der Waals surface area contributed by atoms with Gasteiger partial charge in [0.2, 0.25) is 5.76 Å². The molecule has 2 N–H and O–H groups in total. The molecule has 1 rings (SSSR count). The predicted octanol–water partition coefficient (Wildman–Crippen LogP) is 0.905. The lowest BCUT2D eigenvalue weighted by Crippen LogP contribution is -2.46. The summed E-state index contributed by atoms with van der Waals surface area (Å²) >= 11 is 0. The van der Waals surface area contributed by atoms with Gasteiger partial charge in [-0.05, 0) is 33.6 Å². The van der Waals surface area contributed by atoms with Crippen LogP contribution in [0.4, 0.5) is 4.79 Å². The number of nitrogens with zero attached hydrogens (tertiary/aromatic N) is 2. The number of nitrogens with two attached hydrogens (primary N) is 1. The molecule has 1 heterocycles. The largest absolute Gasteiger partial charge is 0.466 e. The van der Waals surface area contributed by atoms with Gasteiger partial charge in [0, 0.05) is 6.54 Å². The number of hydrogen-bond donors (Lipinski definition) is 1. The Kier molecular flexibility index (Phi) is 7.41. The summed E-state index contributed by atoms with van der Waals surface area (Å²) in [6.45, 7) is 5.74. The Hall–Kier alpha value is -2.78. The zero-order chi connectivity index (χ0) is 19.9. The zero-order valence-corrected chi connectivity index (χ0v) is 15.6. The molecule has 146 valence electrons. The minimum absolute atomic E-state index is 0.0342. The predicted molar refractivity (Wildman–Crippen MR) is 90.8 cm³/mol. The molecule has 0 aromatic heterocycles. The number of oxime groups is 1. The van der Waals surface area contributed by atoms with Crippen LogP contribution in [-0.2, 0) is 28.6 Å². The van der Waals surface area contributed by atoms with Crippen LogP contribution in [0.5, 0.6) is 0 Å². The number of carbonyl (C=O) groups excluding carboxylic acids is 3. The maximum atomic E-state index is 12.3. The lowest BCUT2D eigenvalue weighted by atomic mass is 10.2. The van der Waals surface area contributed by atoms with Gasteiger partial charge in [-0.25, -0.2) is 14.4 Å². The standard InChI is InChI=1S/C16H25N3O7/c1-16(2,3)25-15(22)19-8-6-7-10(19)13(17)18-26-11(14(21)24-5)9-12(20)23-4/h9-10H,6-8H2,1-5H3,(H2,17,18)/b11-9+/t10-/m0/s1. The third-order valence-corrected chi connectivity index (χ3v) is 3.31. The van der Waals surface area contributed by atoms with Crippen LogP contribution < -0.4 is 5.73 Å². The molecular weight excluding hydrogens is 346 g/mol. The molecule has 1 aliphatic rings. The number of amides is 1. The fourth-order valence-electron chi connectivity index (χ4n) is 2.17. The number of methoxy groups -OCH3 is 2. The van der Waals surface area contributed by atoms with Crippen molar-refractivity contribution in [2.75, 3.05) is 20.8 Å². The number of rotatable bonds is 5. The maximum absolute atomic E-state index is 12.3. The molecule has 0 bridgehead atoms. The molecule has 0 aromatic carbocycles. The Morgan fingerprint density at radius 3 is 2.38 bits per heavy atom. The molecule has 0 saturated carbocycles. The highest BCUT2D eigenvalue weighted by molar-refractivity contribution is 5.95. The first-order chi connectivity index (χ1) is 12.1. The second-order valence-corrected chi connectivity index (χ2v) is 6.46. The minimum atomic E-state index is -0.928. The van der Waals surface area contributed by atoms with E-state index in [1.165, 1.54) is 4.90 Å². The number of hydrogen-bond acceptors (Lipinski definition) is 8. The Labute approximate surface area is 151 Å². The van der Waals surface area contributed by atoms with E-state index < -0.39 is 35.4 Å². The van der Waals surface area contributed by atoms with Crippen LogP contribution in [-0.4, -0.2) is 61.2 Å². The van der Waals surface area contributed by atoms with E-state index >= 15 is 0 Å². The smallest absolute Gasteiger partial charge is 0.410 e. The molecule has 0 unspecified atom stereocenters. The average molecular weight is 371 g/mol. The van der Waals surface area contributed by atoms with Gasteiger partial charge < -0.3 is 24.8 Å². The van der Waals surface area contributed by atoms with E-state index in [9.17, 15) is 14.4 Å². The van der Waals surface area contributed by atoms with Gasteiger partial charge >= 0.3 is 18.0 Å². The second kappa shape index (κ2) is 9.07. The summed E-state index contributed by atoms with van der Waals surface area (Å²) in [7, 11) is 2.26. The van der Waals surface area contributed by atoms with E-state index in [2.05, 4.69) is 14.6 Å². The molecular formula is C16H25N3O7. The zero-order valence-electron chi connectivity index (χ0n) is 15.6.